The highest BCUT2D eigenvalue weighted by Crippen LogP contribution is 2.10. The van der Waals surface area contributed by atoms with Crippen LogP contribution in [0.1, 0.15) is 5.69 Å². The minimum atomic E-state index is 0.237. The highest BCUT2D eigenvalue weighted by molar-refractivity contribution is 7.13. The van der Waals surface area contributed by atoms with Gasteiger partial charge in [-0.2, -0.15) is 0 Å². The largest absolute Gasteiger partial charge is 0.397 e. The van der Waals surface area contributed by atoms with Crippen LogP contribution in [-0.4, -0.2) is 17.9 Å². The van der Waals surface area contributed by atoms with Crippen molar-refractivity contribution in [2.24, 2.45) is 10.9 Å². The van der Waals surface area contributed by atoms with Crippen molar-refractivity contribution < 1.29 is 4.84 Å². The lowest BCUT2D eigenvalue weighted by molar-refractivity contribution is 0.213. The predicted octanol–water partition coefficient (Wildman–Crippen LogP) is -0.00800. The number of aromatic nitrogens is 1. The van der Waals surface area contributed by atoms with E-state index in [1.807, 2.05) is 0 Å². The number of hydrogen-bond acceptors (Lipinski definition) is 5. The van der Waals surface area contributed by atoms with Gasteiger partial charge in [0.05, 0.1) is 0 Å². The summed E-state index contributed by atoms with van der Waals surface area (Å²) in [7, 11) is 1.42. The second kappa shape index (κ2) is 3.20. The Bertz CT molecular complexity index is 269. The second-order valence-corrected chi connectivity index (χ2v) is 2.62. The standard InChI is InChI=1S/C5H8N4OS/c1-10-9-4(6)3-2-11-5(7)8-3/h2H,1H3,(H2,6,9)(H2,7,8). The van der Waals surface area contributed by atoms with Crippen LogP contribution in [0.2, 0.25) is 0 Å². The molecule has 1 heterocycles. The Kier molecular flexibility index (Phi) is 2.27. The van der Waals surface area contributed by atoms with Gasteiger partial charge in [0.25, 0.3) is 0 Å². The molecule has 0 aromatic carbocycles. The van der Waals surface area contributed by atoms with Crippen LogP contribution < -0.4 is 11.5 Å². The molecule has 0 fully saturated rings. The van der Waals surface area contributed by atoms with E-state index in [0.717, 1.165) is 0 Å². The number of hydrogen-bond donors (Lipinski definition) is 2. The molecule has 0 aliphatic heterocycles. The Balaban J connectivity index is 2.84. The average Bonchev–Trinajstić information content (AvgIpc) is 2.36. The van der Waals surface area contributed by atoms with Crippen molar-refractivity contribution in [3.05, 3.63) is 11.1 Å². The second-order valence-electron chi connectivity index (χ2n) is 1.73. The molecule has 1 rings (SSSR count). The lowest BCUT2D eigenvalue weighted by Crippen LogP contribution is -2.13. The Morgan fingerprint density at radius 1 is 1.82 bits per heavy atom. The van der Waals surface area contributed by atoms with Gasteiger partial charge in [0.2, 0.25) is 0 Å². The first-order valence-corrected chi connectivity index (χ1v) is 3.70. The highest BCUT2D eigenvalue weighted by Gasteiger charge is 2.02. The van der Waals surface area contributed by atoms with Crippen LogP contribution in [0.25, 0.3) is 0 Å². The third-order valence-electron chi connectivity index (χ3n) is 0.974. The number of nitrogen functional groups attached to an aromatic ring is 1. The molecule has 60 valence electrons. The molecule has 0 unspecified atom stereocenters. The molecule has 0 saturated carbocycles. The summed E-state index contributed by atoms with van der Waals surface area (Å²) in [4.78, 5) is 8.34. The van der Waals surface area contributed by atoms with Gasteiger partial charge in [0.15, 0.2) is 11.0 Å². The van der Waals surface area contributed by atoms with Crippen molar-refractivity contribution >= 4 is 22.3 Å². The molecule has 0 amide bonds. The van der Waals surface area contributed by atoms with E-state index in [9.17, 15) is 0 Å². The van der Waals surface area contributed by atoms with Gasteiger partial charge in [-0.1, -0.05) is 5.16 Å². The van der Waals surface area contributed by atoms with Crippen molar-refractivity contribution in [1.29, 1.82) is 0 Å². The van der Waals surface area contributed by atoms with Crippen LogP contribution in [-0.2, 0) is 4.84 Å². The fraction of sp³-hybridized carbons (Fsp3) is 0.200. The zero-order valence-electron chi connectivity index (χ0n) is 5.94. The van der Waals surface area contributed by atoms with Gasteiger partial charge < -0.3 is 16.3 Å². The summed E-state index contributed by atoms with van der Waals surface area (Å²) in [6, 6.07) is 0. The van der Waals surface area contributed by atoms with Gasteiger partial charge in [-0.25, -0.2) is 4.98 Å². The SMILES string of the molecule is CO/N=C(\N)c1csc(N)n1. The lowest BCUT2D eigenvalue weighted by Gasteiger charge is -1.91. The van der Waals surface area contributed by atoms with Crippen LogP contribution >= 0.6 is 11.3 Å². The molecular formula is C5H8N4OS. The summed E-state index contributed by atoms with van der Waals surface area (Å²) in [6.07, 6.45) is 0. The Morgan fingerprint density at radius 2 is 2.55 bits per heavy atom. The summed E-state index contributed by atoms with van der Waals surface area (Å²) in [6.45, 7) is 0. The van der Waals surface area contributed by atoms with E-state index in [2.05, 4.69) is 15.0 Å². The Morgan fingerprint density at radius 3 is 3.00 bits per heavy atom. The molecule has 0 spiro atoms. The fourth-order valence-electron chi connectivity index (χ4n) is 0.550. The van der Waals surface area contributed by atoms with E-state index in [1.165, 1.54) is 18.4 Å². The van der Waals surface area contributed by atoms with Crippen molar-refractivity contribution in [3.8, 4) is 0 Å². The molecule has 0 aliphatic carbocycles. The van der Waals surface area contributed by atoms with Gasteiger partial charge in [-0.15, -0.1) is 11.3 Å². The molecule has 1 aromatic heterocycles. The minimum Gasteiger partial charge on any atom is -0.397 e. The van der Waals surface area contributed by atoms with Gasteiger partial charge in [-0.05, 0) is 0 Å². The first kappa shape index (κ1) is 7.80. The quantitative estimate of drug-likeness (QED) is 0.373. The number of oxime groups is 1. The number of amidine groups is 1. The number of rotatable bonds is 2. The maximum absolute atomic E-state index is 5.43. The Hall–Kier alpha value is -1.30. The summed E-state index contributed by atoms with van der Waals surface area (Å²) in [5.74, 6) is 0.237. The lowest BCUT2D eigenvalue weighted by atomic mass is 10.5. The predicted molar refractivity (Wildman–Crippen MR) is 44.3 cm³/mol. The maximum atomic E-state index is 5.43. The highest BCUT2D eigenvalue weighted by atomic mass is 32.1. The number of nitrogens with zero attached hydrogens (tertiary/aromatic N) is 2. The summed E-state index contributed by atoms with van der Waals surface area (Å²) < 4.78 is 0. The van der Waals surface area contributed by atoms with E-state index >= 15 is 0 Å². The molecule has 5 nitrogen and oxygen atoms in total. The van der Waals surface area contributed by atoms with Crippen LogP contribution in [0.15, 0.2) is 10.5 Å². The van der Waals surface area contributed by atoms with Crippen molar-refractivity contribution in [2.45, 2.75) is 0 Å². The van der Waals surface area contributed by atoms with E-state index in [4.69, 9.17) is 11.5 Å². The summed E-state index contributed by atoms with van der Waals surface area (Å²) in [5, 5.41) is 5.67. The zero-order valence-corrected chi connectivity index (χ0v) is 6.76. The molecule has 0 saturated heterocycles. The van der Waals surface area contributed by atoms with Gasteiger partial charge >= 0.3 is 0 Å². The molecular weight excluding hydrogens is 164 g/mol. The van der Waals surface area contributed by atoms with E-state index in [-0.39, 0.29) is 5.84 Å². The molecule has 0 aliphatic rings. The Labute approximate surface area is 67.7 Å². The first-order valence-electron chi connectivity index (χ1n) is 2.82. The topological polar surface area (TPSA) is 86.5 Å². The van der Waals surface area contributed by atoms with E-state index < -0.39 is 0 Å². The molecule has 11 heavy (non-hydrogen) atoms. The zero-order chi connectivity index (χ0) is 8.27. The van der Waals surface area contributed by atoms with Gasteiger partial charge in [0.1, 0.15) is 12.8 Å². The maximum Gasteiger partial charge on any atom is 0.189 e. The molecule has 6 heteroatoms. The third-order valence-corrected chi connectivity index (χ3v) is 1.65. The summed E-state index contributed by atoms with van der Waals surface area (Å²) >= 11 is 1.31. The van der Waals surface area contributed by atoms with E-state index in [1.54, 1.807) is 5.38 Å². The number of anilines is 1. The summed E-state index contributed by atoms with van der Waals surface area (Å²) in [5.41, 5.74) is 11.4. The van der Waals surface area contributed by atoms with Gasteiger partial charge in [0, 0.05) is 5.38 Å². The number of thiazole rings is 1. The molecule has 0 radical (unpaired) electrons. The third kappa shape index (κ3) is 1.81. The van der Waals surface area contributed by atoms with Crippen LogP contribution in [0.4, 0.5) is 5.13 Å². The molecule has 0 bridgehead atoms. The van der Waals surface area contributed by atoms with Crippen molar-refractivity contribution in [1.82, 2.24) is 4.98 Å². The van der Waals surface area contributed by atoms with Crippen LogP contribution in [0.5, 0.6) is 0 Å². The molecule has 0 atom stereocenters. The first-order chi connectivity index (χ1) is 5.24. The van der Waals surface area contributed by atoms with Crippen molar-refractivity contribution in [3.63, 3.8) is 0 Å². The number of nitrogens with two attached hydrogens (primary N) is 2. The van der Waals surface area contributed by atoms with Crippen LogP contribution in [0, 0.1) is 0 Å². The smallest absolute Gasteiger partial charge is 0.189 e. The minimum absolute atomic E-state index is 0.237. The monoisotopic (exact) mass is 172 g/mol. The van der Waals surface area contributed by atoms with Crippen LogP contribution in [0.3, 0.4) is 0 Å². The molecule has 1 aromatic rings. The van der Waals surface area contributed by atoms with Gasteiger partial charge in [-0.3, -0.25) is 0 Å². The average molecular weight is 172 g/mol. The van der Waals surface area contributed by atoms with Crippen molar-refractivity contribution in [2.75, 3.05) is 12.8 Å². The normalized spacial score (nSPS) is 11.5. The fourth-order valence-corrected chi connectivity index (χ4v) is 1.11. The molecule has 4 N–H and O–H groups in total. The van der Waals surface area contributed by atoms with E-state index in [0.29, 0.717) is 10.8 Å².